The van der Waals surface area contributed by atoms with Crippen molar-refractivity contribution < 1.29 is 26.7 Å². The largest absolute Gasteiger partial charge is 0.489 e. The Balaban J connectivity index is 1.35. The van der Waals surface area contributed by atoms with Crippen molar-refractivity contribution in [1.29, 1.82) is 0 Å². The van der Waals surface area contributed by atoms with Crippen molar-refractivity contribution in [1.82, 2.24) is 20.2 Å². The summed E-state index contributed by atoms with van der Waals surface area (Å²) in [5, 5.41) is 10.3. The Kier molecular flexibility index (Phi) is 5.73. The van der Waals surface area contributed by atoms with Crippen molar-refractivity contribution in [3.8, 4) is 17.2 Å². The zero-order chi connectivity index (χ0) is 24.4. The van der Waals surface area contributed by atoms with Gasteiger partial charge < -0.3 is 14.5 Å². The summed E-state index contributed by atoms with van der Waals surface area (Å²) in [6.07, 6.45) is -3.36. The van der Waals surface area contributed by atoms with Crippen LogP contribution in [0.25, 0.3) is 22.4 Å². The molecule has 176 valence electrons. The van der Waals surface area contributed by atoms with Gasteiger partial charge in [-0.05, 0) is 60.2 Å². The molecule has 0 spiro atoms. The molecule has 0 saturated carbocycles. The van der Waals surface area contributed by atoms with Crippen LogP contribution in [-0.2, 0) is 12.8 Å². The van der Waals surface area contributed by atoms with Crippen molar-refractivity contribution >= 4 is 22.4 Å². The highest BCUT2D eigenvalue weighted by Gasteiger charge is 2.38. The van der Waals surface area contributed by atoms with Gasteiger partial charge in [-0.25, -0.2) is 14.4 Å². The normalized spacial score (nSPS) is 11.5. The van der Waals surface area contributed by atoms with Gasteiger partial charge in [0, 0.05) is 16.6 Å². The predicted molar refractivity (Wildman–Crippen MR) is 118 cm³/mol. The maximum atomic E-state index is 13.3. The number of halogens is 4. The Morgan fingerprint density at radius 3 is 2.49 bits per heavy atom. The highest BCUT2D eigenvalue weighted by atomic mass is 19.4. The third-order valence-electron chi connectivity index (χ3n) is 4.96. The first kappa shape index (κ1) is 22.3. The quantitative estimate of drug-likeness (QED) is 0.291. The van der Waals surface area contributed by atoms with Gasteiger partial charge in [-0.3, -0.25) is 0 Å². The number of alkyl halides is 3. The van der Waals surface area contributed by atoms with Crippen LogP contribution < -0.4 is 10.1 Å². The van der Waals surface area contributed by atoms with Gasteiger partial charge in [-0.2, -0.15) is 13.2 Å². The van der Waals surface area contributed by atoms with Crippen molar-refractivity contribution in [2.24, 2.45) is 0 Å². The molecular formula is C24H15F4N5O2. The summed E-state index contributed by atoms with van der Waals surface area (Å²) in [6, 6.07) is 17.9. The maximum Gasteiger partial charge on any atom is 0.470 e. The molecule has 0 aliphatic heterocycles. The van der Waals surface area contributed by atoms with Gasteiger partial charge in [-0.15, -0.1) is 10.2 Å². The van der Waals surface area contributed by atoms with E-state index in [0.29, 0.717) is 39.3 Å². The molecular weight excluding hydrogens is 466 g/mol. The standard InChI is InChI=1S/C24H15F4N5O2/c25-16-3-1-2-14(10-16)12-34-18-7-5-17(6-8-18)31-21-19-11-15(4-9-20(19)29-13-30-21)22-32-33-23(35-22)24(26,27)28/h1-11,13H,12H2,(H,29,30,31). The fraction of sp³-hybridized carbons (Fsp3) is 0.0833. The highest BCUT2D eigenvalue weighted by molar-refractivity contribution is 5.93. The van der Waals surface area contributed by atoms with Crippen molar-refractivity contribution in [2.45, 2.75) is 12.8 Å². The first-order chi connectivity index (χ1) is 16.8. The smallest absolute Gasteiger partial charge is 0.470 e. The minimum absolute atomic E-state index is 0.218. The van der Waals surface area contributed by atoms with Gasteiger partial charge in [0.1, 0.15) is 30.3 Å². The number of aromatic nitrogens is 4. The molecule has 0 radical (unpaired) electrons. The van der Waals surface area contributed by atoms with Crippen LogP contribution >= 0.6 is 0 Å². The lowest BCUT2D eigenvalue weighted by Crippen LogP contribution is -2.04. The lowest BCUT2D eigenvalue weighted by Gasteiger charge is -2.10. The second-order valence-electron chi connectivity index (χ2n) is 7.43. The second kappa shape index (κ2) is 9.01. The lowest BCUT2D eigenvalue weighted by atomic mass is 10.1. The van der Waals surface area contributed by atoms with Crippen LogP contribution in [-0.4, -0.2) is 20.2 Å². The average Bonchev–Trinajstić information content (AvgIpc) is 3.35. The van der Waals surface area contributed by atoms with Gasteiger partial charge in [0.2, 0.25) is 5.89 Å². The van der Waals surface area contributed by atoms with E-state index in [4.69, 9.17) is 9.15 Å². The molecule has 0 saturated heterocycles. The number of rotatable bonds is 6. The molecule has 5 rings (SSSR count). The molecule has 0 unspecified atom stereocenters. The van der Waals surface area contributed by atoms with Gasteiger partial charge in [0.25, 0.3) is 0 Å². The number of hydrogen-bond acceptors (Lipinski definition) is 7. The van der Waals surface area contributed by atoms with E-state index in [1.807, 2.05) is 0 Å². The highest BCUT2D eigenvalue weighted by Crippen LogP contribution is 2.32. The summed E-state index contributed by atoms with van der Waals surface area (Å²) in [4.78, 5) is 8.44. The number of anilines is 2. The number of nitrogens with one attached hydrogen (secondary N) is 1. The summed E-state index contributed by atoms with van der Waals surface area (Å²) in [6.45, 7) is 0.218. The van der Waals surface area contributed by atoms with Gasteiger partial charge in [0.15, 0.2) is 0 Å². The molecule has 0 amide bonds. The van der Waals surface area contributed by atoms with Crippen molar-refractivity contribution in [3.05, 3.63) is 90.3 Å². The molecule has 35 heavy (non-hydrogen) atoms. The number of hydrogen-bond donors (Lipinski definition) is 1. The molecule has 2 aromatic heterocycles. The summed E-state index contributed by atoms with van der Waals surface area (Å²) in [5.74, 6) is -0.998. The number of ether oxygens (including phenoxy) is 1. The van der Waals surface area contributed by atoms with Gasteiger partial charge in [-0.1, -0.05) is 12.1 Å². The molecule has 0 aliphatic carbocycles. The molecule has 0 atom stereocenters. The Morgan fingerprint density at radius 1 is 0.914 bits per heavy atom. The van der Waals surface area contributed by atoms with Crippen LogP contribution in [0.4, 0.5) is 29.1 Å². The summed E-state index contributed by atoms with van der Waals surface area (Å²) in [7, 11) is 0. The number of fused-ring (bicyclic) bond motifs is 1. The molecule has 0 aliphatic rings. The molecule has 5 aromatic rings. The lowest BCUT2D eigenvalue weighted by molar-refractivity contribution is -0.156. The fourth-order valence-electron chi connectivity index (χ4n) is 3.31. The molecule has 11 heteroatoms. The zero-order valence-corrected chi connectivity index (χ0v) is 17.8. The van der Waals surface area contributed by atoms with E-state index in [1.165, 1.54) is 24.5 Å². The van der Waals surface area contributed by atoms with E-state index >= 15 is 0 Å². The van der Waals surface area contributed by atoms with E-state index in [9.17, 15) is 17.6 Å². The fourth-order valence-corrected chi connectivity index (χ4v) is 3.31. The van der Waals surface area contributed by atoms with E-state index < -0.39 is 12.1 Å². The van der Waals surface area contributed by atoms with Crippen LogP contribution in [0.15, 0.2) is 77.5 Å². The van der Waals surface area contributed by atoms with Crippen LogP contribution in [0.1, 0.15) is 11.5 Å². The van der Waals surface area contributed by atoms with Gasteiger partial charge in [0.05, 0.1) is 5.52 Å². The first-order valence-corrected chi connectivity index (χ1v) is 10.3. The third-order valence-corrected chi connectivity index (χ3v) is 4.96. The Hall–Kier alpha value is -4.54. The Bertz CT molecular complexity index is 1490. The summed E-state index contributed by atoms with van der Waals surface area (Å²) >= 11 is 0. The molecule has 0 fully saturated rings. The molecule has 2 heterocycles. The molecule has 3 aromatic carbocycles. The monoisotopic (exact) mass is 481 g/mol. The molecule has 0 bridgehead atoms. The maximum absolute atomic E-state index is 13.3. The van der Waals surface area contributed by atoms with Crippen LogP contribution in [0.3, 0.4) is 0 Å². The minimum Gasteiger partial charge on any atom is -0.489 e. The van der Waals surface area contributed by atoms with Crippen LogP contribution in [0.5, 0.6) is 5.75 Å². The Labute approximate surface area is 195 Å². The van der Waals surface area contributed by atoms with Crippen molar-refractivity contribution in [3.63, 3.8) is 0 Å². The minimum atomic E-state index is -4.73. The third kappa shape index (κ3) is 5.03. The zero-order valence-electron chi connectivity index (χ0n) is 17.8. The van der Waals surface area contributed by atoms with E-state index in [-0.39, 0.29) is 18.3 Å². The van der Waals surface area contributed by atoms with E-state index in [1.54, 1.807) is 48.5 Å². The van der Waals surface area contributed by atoms with Gasteiger partial charge >= 0.3 is 12.1 Å². The van der Waals surface area contributed by atoms with Crippen molar-refractivity contribution in [2.75, 3.05) is 5.32 Å². The summed E-state index contributed by atoms with van der Waals surface area (Å²) < 4.78 is 62.2. The SMILES string of the molecule is Fc1cccc(COc2ccc(Nc3ncnc4ccc(-c5nnc(C(F)(F)F)o5)cc34)cc2)c1. The number of benzene rings is 3. The molecule has 1 N–H and O–H groups in total. The van der Waals surface area contributed by atoms with Crippen LogP contribution in [0, 0.1) is 5.82 Å². The average molecular weight is 481 g/mol. The summed E-state index contributed by atoms with van der Waals surface area (Å²) in [5.41, 5.74) is 2.25. The second-order valence-corrected chi connectivity index (χ2v) is 7.43. The molecule has 7 nitrogen and oxygen atoms in total. The van der Waals surface area contributed by atoms with E-state index in [0.717, 1.165) is 0 Å². The van der Waals surface area contributed by atoms with E-state index in [2.05, 4.69) is 25.5 Å². The predicted octanol–water partition coefficient (Wildman–Crippen LogP) is 6.16. The first-order valence-electron chi connectivity index (χ1n) is 10.3. The Morgan fingerprint density at radius 2 is 1.74 bits per heavy atom. The van der Waals surface area contributed by atoms with Crippen LogP contribution in [0.2, 0.25) is 0 Å². The number of nitrogens with zero attached hydrogens (tertiary/aromatic N) is 4. The topological polar surface area (TPSA) is 86.0 Å².